The summed E-state index contributed by atoms with van der Waals surface area (Å²) in [5, 5.41) is 0. The first-order valence-corrected chi connectivity index (χ1v) is 6.57. The lowest BCUT2D eigenvalue weighted by Gasteiger charge is -2.31. The highest BCUT2D eigenvalue weighted by molar-refractivity contribution is 5.74. The molecule has 0 bridgehead atoms. The van der Waals surface area contributed by atoms with E-state index in [0.717, 1.165) is 12.8 Å². The summed E-state index contributed by atoms with van der Waals surface area (Å²) < 4.78 is 43.5. The van der Waals surface area contributed by atoms with Gasteiger partial charge in [0.05, 0.1) is 5.92 Å². The van der Waals surface area contributed by atoms with Crippen LogP contribution in [0.1, 0.15) is 46.5 Å². The van der Waals surface area contributed by atoms with Crippen LogP contribution in [0, 0.1) is 11.8 Å². The van der Waals surface area contributed by atoms with Gasteiger partial charge in [0, 0.05) is 0 Å². The molecule has 0 radical (unpaired) electrons. The van der Waals surface area contributed by atoms with Crippen LogP contribution in [0.25, 0.3) is 0 Å². The number of carbonyl (C=O) groups is 1. The molecule has 0 saturated heterocycles. The molecule has 0 aromatic rings. The first-order valence-electron chi connectivity index (χ1n) is 6.57. The molecular weight excluding hydrogens is 259 g/mol. The fourth-order valence-corrected chi connectivity index (χ4v) is 2.52. The molecule has 1 aliphatic rings. The number of alkyl halides is 3. The molecule has 112 valence electrons. The molecule has 1 fully saturated rings. The Morgan fingerprint density at radius 1 is 1.21 bits per heavy atom. The van der Waals surface area contributed by atoms with Gasteiger partial charge in [-0.25, -0.2) is 0 Å². The van der Waals surface area contributed by atoms with E-state index in [-0.39, 0.29) is 5.92 Å². The van der Waals surface area contributed by atoms with Gasteiger partial charge in [-0.1, -0.05) is 12.8 Å². The van der Waals surface area contributed by atoms with E-state index in [0.29, 0.717) is 12.8 Å². The van der Waals surface area contributed by atoms with Gasteiger partial charge in [-0.3, -0.25) is 4.79 Å². The van der Waals surface area contributed by atoms with Crippen LogP contribution in [0.3, 0.4) is 0 Å². The minimum Gasteiger partial charge on any atom is -0.460 e. The quantitative estimate of drug-likeness (QED) is 0.809. The van der Waals surface area contributed by atoms with Gasteiger partial charge >= 0.3 is 12.1 Å². The van der Waals surface area contributed by atoms with Crippen LogP contribution in [-0.2, 0) is 9.53 Å². The Balaban J connectivity index is 2.89. The van der Waals surface area contributed by atoms with Crippen LogP contribution in [0.4, 0.5) is 13.2 Å². The molecule has 0 unspecified atom stereocenters. The average molecular weight is 281 g/mol. The van der Waals surface area contributed by atoms with Gasteiger partial charge in [-0.05, 0) is 39.5 Å². The van der Waals surface area contributed by atoms with Crippen LogP contribution in [0.15, 0.2) is 0 Å². The minimum atomic E-state index is -4.58. The summed E-state index contributed by atoms with van der Waals surface area (Å²) in [4.78, 5) is 12.0. The van der Waals surface area contributed by atoms with Crippen LogP contribution < -0.4 is 5.73 Å². The highest BCUT2D eigenvalue weighted by Crippen LogP contribution is 2.38. The van der Waals surface area contributed by atoms with Gasteiger partial charge in [0.2, 0.25) is 0 Å². The smallest absolute Gasteiger partial charge is 0.404 e. The van der Waals surface area contributed by atoms with E-state index in [1.165, 1.54) is 0 Å². The van der Waals surface area contributed by atoms with E-state index < -0.39 is 29.7 Å². The standard InChI is InChI=1S/C13H22F3NO2/c1-12(2,3)19-11(18)9(8-6-4-5-7-8)10(17)13(14,15)16/h8-10H,4-7,17H2,1-3H3/t9-,10-/m0/s1. The summed E-state index contributed by atoms with van der Waals surface area (Å²) in [6.07, 6.45) is -1.69. The SMILES string of the molecule is CC(C)(C)OC(=O)[C@@H](C1CCCC1)[C@H](N)C(F)(F)F. The molecule has 1 saturated carbocycles. The van der Waals surface area contributed by atoms with Crippen molar-refractivity contribution in [1.82, 2.24) is 0 Å². The summed E-state index contributed by atoms with van der Waals surface area (Å²) in [6, 6.07) is -2.15. The molecular formula is C13H22F3NO2. The minimum absolute atomic E-state index is 0.327. The van der Waals surface area contributed by atoms with Gasteiger partial charge < -0.3 is 10.5 Å². The zero-order valence-corrected chi connectivity index (χ0v) is 11.6. The molecule has 3 nitrogen and oxygen atoms in total. The lowest BCUT2D eigenvalue weighted by atomic mass is 9.84. The van der Waals surface area contributed by atoms with Crippen LogP contribution in [0.2, 0.25) is 0 Å². The second kappa shape index (κ2) is 5.69. The van der Waals surface area contributed by atoms with E-state index in [1.807, 2.05) is 0 Å². The Morgan fingerprint density at radius 2 is 1.68 bits per heavy atom. The third-order valence-electron chi connectivity index (χ3n) is 3.35. The van der Waals surface area contributed by atoms with Gasteiger partial charge in [0.25, 0.3) is 0 Å². The van der Waals surface area contributed by atoms with E-state index in [1.54, 1.807) is 20.8 Å². The third kappa shape index (κ3) is 4.67. The van der Waals surface area contributed by atoms with Crippen LogP contribution >= 0.6 is 0 Å². The molecule has 1 rings (SSSR count). The molecule has 2 N–H and O–H groups in total. The van der Waals surface area contributed by atoms with Gasteiger partial charge in [0.15, 0.2) is 0 Å². The predicted octanol–water partition coefficient (Wildman–Crippen LogP) is 3.02. The van der Waals surface area contributed by atoms with Crippen molar-refractivity contribution in [2.24, 2.45) is 17.6 Å². The maximum atomic E-state index is 12.8. The van der Waals surface area contributed by atoms with Crippen molar-refractivity contribution in [3.8, 4) is 0 Å². The number of ether oxygens (including phenoxy) is 1. The predicted molar refractivity (Wildman–Crippen MR) is 65.3 cm³/mol. The monoisotopic (exact) mass is 281 g/mol. The Morgan fingerprint density at radius 3 is 2.05 bits per heavy atom. The number of carbonyl (C=O) groups excluding carboxylic acids is 1. The van der Waals surface area contributed by atoms with Crippen molar-refractivity contribution in [1.29, 1.82) is 0 Å². The number of nitrogens with two attached hydrogens (primary N) is 1. The second-order valence-electron chi connectivity index (χ2n) is 6.17. The number of halogens is 3. The van der Waals surface area contributed by atoms with Crippen molar-refractivity contribution in [2.45, 2.75) is 64.3 Å². The van der Waals surface area contributed by atoms with Gasteiger partial charge in [-0.2, -0.15) is 13.2 Å². The van der Waals surface area contributed by atoms with Crippen molar-refractivity contribution in [3.05, 3.63) is 0 Å². The zero-order chi connectivity index (χ0) is 14.8. The maximum absolute atomic E-state index is 12.8. The molecule has 19 heavy (non-hydrogen) atoms. The first kappa shape index (κ1) is 16.3. The van der Waals surface area contributed by atoms with E-state index in [2.05, 4.69) is 0 Å². The topological polar surface area (TPSA) is 52.3 Å². The molecule has 0 aliphatic heterocycles. The molecule has 1 aliphatic carbocycles. The number of hydrogen-bond acceptors (Lipinski definition) is 3. The molecule has 6 heteroatoms. The number of esters is 1. The Kier molecular flexibility index (Phi) is 4.87. The van der Waals surface area contributed by atoms with E-state index in [4.69, 9.17) is 10.5 Å². The number of hydrogen-bond donors (Lipinski definition) is 1. The van der Waals surface area contributed by atoms with Crippen molar-refractivity contribution < 1.29 is 22.7 Å². The summed E-state index contributed by atoms with van der Waals surface area (Å²) >= 11 is 0. The summed E-state index contributed by atoms with van der Waals surface area (Å²) in [5.74, 6) is -2.45. The normalized spacial score (nSPS) is 21.2. The molecule has 0 aromatic carbocycles. The maximum Gasteiger partial charge on any atom is 0.404 e. The molecule has 0 spiro atoms. The van der Waals surface area contributed by atoms with E-state index >= 15 is 0 Å². The van der Waals surface area contributed by atoms with E-state index in [9.17, 15) is 18.0 Å². The van der Waals surface area contributed by atoms with Crippen molar-refractivity contribution in [2.75, 3.05) is 0 Å². The number of rotatable bonds is 3. The highest BCUT2D eigenvalue weighted by atomic mass is 19.4. The first-order chi connectivity index (χ1) is 8.52. The lowest BCUT2D eigenvalue weighted by Crippen LogP contribution is -2.51. The molecule has 0 aromatic heterocycles. The largest absolute Gasteiger partial charge is 0.460 e. The lowest BCUT2D eigenvalue weighted by molar-refractivity contribution is -0.187. The molecule has 2 atom stereocenters. The highest BCUT2D eigenvalue weighted by Gasteiger charge is 2.49. The Hall–Kier alpha value is -0.780. The van der Waals surface area contributed by atoms with Crippen LogP contribution in [0.5, 0.6) is 0 Å². The van der Waals surface area contributed by atoms with Gasteiger partial charge in [0.1, 0.15) is 11.6 Å². The average Bonchev–Trinajstić information content (AvgIpc) is 2.66. The third-order valence-corrected chi connectivity index (χ3v) is 3.35. The van der Waals surface area contributed by atoms with Gasteiger partial charge in [-0.15, -0.1) is 0 Å². The van der Waals surface area contributed by atoms with Crippen molar-refractivity contribution >= 4 is 5.97 Å². The summed E-state index contributed by atoms with van der Waals surface area (Å²) in [5.41, 5.74) is 4.46. The van der Waals surface area contributed by atoms with Crippen LogP contribution in [-0.4, -0.2) is 23.8 Å². The fraction of sp³-hybridized carbons (Fsp3) is 0.923. The second-order valence-corrected chi connectivity index (χ2v) is 6.17. The zero-order valence-electron chi connectivity index (χ0n) is 11.6. The fourth-order valence-electron chi connectivity index (χ4n) is 2.52. The Bertz CT molecular complexity index is 317. The Labute approximate surface area is 111 Å². The summed E-state index contributed by atoms with van der Waals surface area (Å²) in [7, 11) is 0. The van der Waals surface area contributed by atoms with Crippen molar-refractivity contribution in [3.63, 3.8) is 0 Å². The molecule has 0 heterocycles. The molecule has 0 amide bonds. The summed E-state index contributed by atoms with van der Waals surface area (Å²) in [6.45, 7) is 4.90.